The van der Waals surface area contributed by atoms with E-state index >= 15 is 0 Å². The molecule has 1 fully saturated rings. The van der Waals surface area contributed by atoms with Gasteiger partial charge in [-0.2, -0.15) is 4.31 Å². The van der Waals surface area contributed by atoms with Crippen LogP contribution in [0.3, 0.4) is 0 Å². The molecule has 1 aliphatic rings. The van der Waals surface area contributed by atoms with Crippen LogP contribution in [0.5, 0.6) is 0 Å². The van der Waals surface area contributed by atoms with E-state index in [1.165, 1.54) is 14.0 Å². The van der Waals surface area contributed by atoms with E-state index in [1.54, 1.807) is 11.9 Å². The van der Waals surface area contributed by atoms with E-state index in [1.807, 2.05) is 0 Å². The van der Waals surface area contributed by atoms with Gasteiger partial charge in [0.15, 0.2) is 0 Å². The molecule has 0 spiro atoms. The molecule has 0 amide bonds. The summed E-state index contributed by atoms with van der Waals surface area (Å²) in [5, 5.41) is -0.420. The van der Waals surface area contributed by atoms with Gasteiger partial charge in [0, 0.05) is 13.6 Å². The summed E-state index contributed by atoms with van der Waals surface area (Å²) in [6, 6.07) is 0. The minimum Gasteiger partial charge on any atom is -0.299 e. The van der Waals surface area contributed by atoms with E-state index in [2.05, 4.69) is 0 Å². The minimum absolute atomic E-state index is 0.0350. The van der Waals surface area contributed by atoms with Crippen LogP contribution in [0.2, 0.25) is 0 Å². The standard InChI is InChI=1S/C7H14N2O3S/c1-6(10)4-9(3)13(11,12)7-5-8(7)2/h7H,4-5H2,1-3H3/t7-,8?/m1/s1. The van der Waals surface area contributed by atoms with E-state index in [0.29, 0.717) is 6.54 Å². The van der Waals surface area contributed by atoms with Crippen molar-refractivity contribution in [3.8, 4) is 0 Å². The Balaban J connectivity index is 2.65. The molecule has 1 heterocycles. The Morgan fingerprint density at radius 2 is 2.08 bits per heavy atom. The molecule has 6 heteroatoms. The van der Waals surface area contributed by atoms with Crippen molar-refractivity contribution in [3.05, 3.63) is 0 Å². The van der Waals surface area contributed by atoms with Crippen molar-refractivity contribution < 1.29 is 13.2 Å². The Hall–Kier alpha value is -0.460. The van der Waals surface area contributed by atoms with E-state index in [0.717, 1.165) is 4.31 Å². The highest BCUT2D eigenvalue weighted by atomic mass is 32.2. The van der Waals surface area contributed by atoms with Gasteiger partial charge in [0.2, 0.25) is 10.0 Å². The van der Waals surface area contributed by atoms with E-state index in [9.17, 15) is 13.2 Å². The normalized spacial score (nSPS) is 27.7. The Labute approximate surface area is 78.4 Å². The quantitative estimate of drug-likeness (QED) is 0.560. The molecule has 0 radical (unpaired) electrons. The summed E-state index contributed by atoms with van der Waals surface area (Å²) in [5.41, 5.74) is 0. The van der Waals surface area contributed by atoms with Gasteiger partial charge in [0.05, 0.1) is 6.54 Å². The van der Waals surface area contributed by atoms with Gasteiger partial charge in [-0.05, 0) is 14.0 Å². The monoisotopic (exact) mass is 206 g/mol. The number of sulfonamides is 1. The molecule has 1 aliphatic heterocycles. The molecule has 0 N–H and O–H groups in total. The number of carbonyl (C=O) groups excluding carboxylic acids is 1. The molecule has 5 nitrogen and oxygen atoms in total. The Kier molecular flexibility index (Phi) is 2.74. The van der Waals surface area contributed by atoms with Gasteiger partial charge < -0.3 is 0 Å². The topological polar surface area (TPSA) is 57.5 Å². The molecule has 76 valence electrons. The van der Waals surface area contributed by atoms with Gasteiger partial charge in [-0.25, -0.2) is 8.42 Å². The third-order valence-corrected chi connectivity index (χ3v) is 4.22. The first-order valence-corrected chi connectivity index (χ1v) is 5.51. The van der Waals surface area contributed by atoms with Gasteiger partial charge >= 0.3 is 0 Å². The average Bonchev–Trinajstić information content (AvgIpc) is 2.65. The van der Waals surface area contributed by atoms with Crippen molar-refractivity contribution in [2.45, 2.75) is 12.3 Å². The fourth-order valence-corrected chi connectivity index (χ4v) is 2.79. The highest BCUT2D eigenvalue weighted by Gasteiger charge is 2.44. The first kappa shape index (κ1) is 10.6. The van der Waals surface area contributed by atoms with Crippen molar-refractivity contribution in [3.63, 3.8) is 0 Å². The van der Waals surface area contributed by atoms with Crippen molar-refractivity contribution >= 4 is 15.8 Å². The van der Waals surface area contributed by atoms with Crippen LogP contribution in [0.25, 0.3) is 0 Å². The molecule has 2 atom stereocenters. The maximum atomic E-state index is 11.6. The number of carbonyl (C=O) groups is 1. The molecule has 1 rings (SSSR count). The predicted molar refractivity (Wildman–Crippen MR) is 48.6 cm³/mol. The highest BCUT2D eigenvalue weighted by Crippen LogP contribution is 2.22. The van der Waals surface area contributed by atoms with Gasteiger partial charge in [-0.1, -0.05) is 0 Å². The molecule has 0 aromatic heterocycles. The number of nitrogens with zero attached hydrogens (tertiary/aromatic N) is 2. The SMILES string of the molecule is CC(=O)CN(C)S(=O)(=O)[C@@H]1CN1C. The number of hydrogen-bond acceptors (Lipinski definition) is 4. The lowest BCUT2D eigenvalue weighted by atomic mass is 10.5. The highest BCUT2D eigenvalue weighted by molar-refractivity contribution is 7.90. The number of rotatable bonds is 4. The summed E-state index contributed by atoms with van der Waals surface area (Å²) in [6.45, 7) is 1.90. The molecule has 0 saturated carbocycles. The Morgan fingerprint density at radius 1 is 1.62 bits per heavy atom. The lowest BCUT2D eigenvalue weighted by Crippen LogP contribution is -2.35. The maximum Gasteiger partial charge on any atom is 0.231 e. The van der Waals surface area contributed by atoms with Crippen LogP contribution in [0.4, 0.5) is 0 Å². The van der Waals surface area contributed by atoms with Crippen molar-refractivity contribution in [2.75, 3.05) is 27.2 Å². The van der Waals surface area contributed by atoms with Gasteiger partial charge in [-0.15, -0.1) is 0 Å². The van der Waals surface area contributed by atoms with Crippen molar-refractivity contribution in [1.82, 2.24) is 9.21 Å². The van der Waals surface area contributed by atoms with E-state index < -0.39 is 15.4 Å². The lowest BCUT2D eigenvalue weighted by molar-refractivity contribution is -0.117. The van der Waals surface area contributed by atoms with Crippen LogP contribution in [0.1, 0.15) is 6.92 Å². The van der Waals surface area contributed by atoms with Gasteiger partial charge in [0.25, 0.3) is 0 Å². The van der Waals surface area contributed by atoms with E-state index in [-0.39, 0.29) is 12.3 Å². The summed E-state index contributed by atoms with van der Waals surface area (Å²) in [5.74, 6) is -0.144. The maximum absolute atomic E-state index is 11.6. The summed E-state index contributed by atoms with van der Waals surface area (Å²) in [7, 11) is -0.0983. The Bertz CT molecular complexity index is 312. The molecule has 0 aliphatic carbocycles. The second kappa shape index (κ2) is 3.36. The largest absolute Gasteiger partial charge is 0.299 e. The first-order valence-electron chi connectivity index (χ1n) is 4.00. The lowest BCUT2D eigenvalue weighted by Gasteiger charge is -2.14. The average molecular weight is 206 g/mol. The third-order valence-electron chi connectivity index (χ3n) is 2.03. The Morgan fingerprint density at radius 3 is 2.38 bits per heavy atom. The summed E-state index contributed by atoms with van der Waals surface area (Å²) in [6.07, 6.45) is 0. The predicted octanol–water partition coefficient (Wildman–Crippen LogP) is -0.891. The fraction of sp³-hybridized carbons (Fsp3) is 0.857. The van der Waals surface area contributed by atoms with Crippen molar-refractivity contribution in [2.24, 2.45) is 0 Å². The number of ketones is 1. The minimum atomic E-state index is -3.27. The second-order valence-corrected chi connectivity index (χ2v) is 5.59. The smallest absolute Gasteiger partial charge is 0.231 e. The van der Waals surface area contributed by atoms with Gasteiger partial charge in [0.1, 0.15) is 11.2 Å². The van der Waals surface area contributed by atoms with Crippen LogP contribution in [-0.2, 0) is 14.8 Å². The zero-order valence-corrected chi connectivity index (χ0v) is 8.84. The molecule has 1 unspecified atom stereocenters. The van der Waals surface area contributed by atoms with Crippen LogP contribution in [-0.4, -0.2) is 56.0 Å². The number of Topliss-reactive ketones (excluding diaryl/α,β-unsaturated/α-hetero) is 1. The molecule has 13 heavy (non-hydrogen) atoms. The molecular weight excluding hydrogens is 192 g/mol. The number of hydrogen-bond donors (Lipinski definition) is 0. The zero-order chi connectivity index (χ0) is 10.2. The van der Waals surface area contributed by atoms with Crippen LogP contribution in [0, 0.1) is 0 Å². The molecular formula is C7H14N2O3S. The van der Waals surface area contributed by atoms with Gasteiger partial charge in [-0.3, -0.25) is 9.69 Å². The third kappa shape index (κ3) is 2.26. The van der Waals surface area contributed by atoms with Crippen molar-refractivity contribution in [1.29, 1.82) is 0 Å². The fourth-order valence-electron chi connectivity index (χ4n) is 1.13. The molecule has 0 bridgehead atoms. The summed E-state index contributed by atoms with van der Waals surface area (Å²) < 4.78 is 24.3. The second-order valence-electron chi connectivity index (χ2n) is 3.40. The number of likely N-dealkylation sites (N-methyl/N-ethyl adjacent to an activating group) is 2. The summed E-state index contributed by atoms with van der Waals surface area (Å²) in [4.78, 5) is 12.4. The first-order chi connectivity index (χ1) is 5.85. The van der Waals surface area contributed by atoms with Crippen LogP contribution < -0.4 is 0 Å². The van der Waals surface area contributed by atoms with Crippen LogP contribution >= 0.6 is 0 Å². The molecule has 0 aromatic carbocycles. The molecule has 1 saturated heterocycles. The zero-order valence-electron chi connectivity index (χ0n) is 8.02. The van der Waals surface area contributed by atoms with Crippen LogP contribution in [0.15, 0.2) is 0 Å². The van der Waals surface area contributed by atoms with E-state index in [4.69, 9.17) is 0 Å². The summed E-state index contributed by atoms with van der Waals surface area (Å²) >= 11 is 0. The molecule has 0 aromatic rings.